The van der Waals surface area contributed by atoms with Crippen LogP contribution in [0.3, 0.4) is 0 Å². The molecule has 1 fully saturated rings. The van der Waals surface area contributed by atoms with E-state index < -0.39 is 83.8 Å². The summed E-state index contributed by atoms with van der Waals surface area (Å²) in [4.78, 5) is 51.3. The Balaban J connectivity index is 1.96. The molecule has 0 aromatic rings. The minimum atomic E-state index is -2.10. The molecule has 2 aliphatic heterocycles. The van der Waals surface area contributed by atoms with E-state index in [9.17, 15) is 39.6 Å². The lowest BCUT2D eigenvalue weighted by molar-refractivity contribution is -0.314. The molecule has 0 bridgehead atoms. The number of aliphatic hydroxyl groups is 4. The maximum Gasteiger partial charge on any atom is 0.373 e. The zero-order valence-electron chi connectivity index (χ0n) is 36.5. The van der Waals surface area contributed by atoms with Gasteiger partial charge in [0.15, 0.2) is 11.6 Å². The molecule has 0 saturated carbocycles. The number of ketones is 1. The summed E-state index contributed by atoms with van der Waals surface area (Å²) >= 11 is 0. The number of aliphatic hydroxyl groups excluding tert-OH is 3. The number of amides is 1. The van der Waals surface area contributed by atoms with E-state index in [0.717, 1.165) is 17.7 Å². The highest BCUT2D eigenvalue weighted by Gasteiger charge is 2.52. The first kappa shape index (κ1) is 49.8. The van der Waals surface area contributed by atoms with Crippen LogP contribution in [0.4, 0.5) is 0 Å². The van der Waals surface area contributed by atoms with Crippen LogP contribution in [0.1, 0.15) is 81.1 Å². The van der Waals surface area contributed by atoms with Crippen LogP contribution in [0.5, 0.6) is 0 Å². The SMILES string of the molecule is C/C=C/C=C/[C@@H]1O[C@@](O)([C@@H](C)[C@H](O)[C@H](C)[C@H]2OC(=O)/C(OC)=C/C(C)=C/[C@@H](C)[C@@H](O)[C@@H](C)C/C(C)=C/C=C/[C@@H]2OC)C[C@@H](OC(=O)/C=C/C(=O)NC2=C(O)CCC2=O)[C@@H]1C. The maximum absolute atomic E-state index is 13.8. The van der Waals surface area contributed by atoms with Crippen molar-refractivity contribution in [2.45, 2.75) is 123 Å². The summed E-state index contributed by atoms with van der Waals surface area (Å²) in [6.07, 6.45) is 12.2. The maximum atomic E-state index is 13.8. The van der Waals surface area contributed by atoms with Gasteiger partial charge >= 0.3 is 11.9 Å². The second-order valence-corrected chi connectivity index (χ2v) is 16.2. The third-order valence-electron chi connectivity index (χ3n) is 11.5. The van der Waals surface area contributed by atoms with Gasteiger partial charge in [0.2, 0.25) is 11.7 Å². The van der Waals surface area contributed by atoms with E-state index >= 15 is 0 Å². The van der Waals surface area contributed by atoms with Crippen molar-refractivity contribution < 1.29 is 63.3 Å². The molecule has 2 heterocycles. The van der Waals surface area contributed by atoms with Crippen molar-refractivity contribution in [3.63, 3.8) is 0 Å². The van der Waals surface area contributed by atoms with Crippen molar-refractivity contribution in [3.8, 4) is 0 Å². The van der Waals surface area contributed by atoms with Gasteiger partial charge in [-0.25, -0.2) is 9.59 Å². The van der Waals surface area contributed by atoms with E-state index in [4.69, 9.17) is 23.7 Å². The molecule has 0 aromatic heterocycles. The highest BCUT2D eigenvalue weighted by atomic mass is 16.6. The molecule has 0 radical (unpaired) electrons. The minimum absolute atomic E-state index is 0.0655. The van der Waals surface area contributed by atoms with Crippen LogP contribution < -0.4 is 5.32 Å². The first-order valence-corrected chi connectivity index (χ1v) is 20.5. The fourth-order valence-corrected chi connectivity index (χ4v) is 7.71. The highest BCUT2D eigenvalue weighted by molar-refractivity contribution is 6.04. The van der Waals surface area contributed by atoms with Crippen LogP contribution in [-0.4, -0.2) is 101 Å². The van der Waals surface area contributed by atoms with Crippen LogP contribution in [0, 0.1) is 29.6 Å². The number of carbonyl (C=O) groups excluding carboxylic acids is 4. The highest BCUT2D eigenvalue weighted by Crippen LogP contribution is 2.41. The van der Waals surface area contributed by atoms with Gasteiger partial charge in [0.05, 0.1) is 25.4 Å². The first-order valence-electron chi connectivity index (χ1n) is 20.5. The lowest BCUT2D eigenvalue weighted by atomic mass is 9.77. The zero-order valence-corrected chi connectivity index (χ0v) is 36.5. The van der Waals surface area contributed by atoms with Crippen LogP contribution in [0.25, 0.3) is 0 Å². The van der Waals surface area contributed by atoms with Gasteiger partial charge in [-0.2, -0.15) is 0 Å². The topological polar surface area (TPSA) is 207 Å². The lowest BCUT2D eigenvalue weighted by Gasteiger charge is -2.48. The van der Waals surface area contributed by atoms with E-state index in [2.05, 4.69) is 5.32 Å². The zero-order chi connectivity index (χ0) is 44.9. The van der Waals surface area contributed by atoms with E-state index in [-0.39, 0.29) is 48.3 Å². The summed E-state index contributed by atoms with van der Waals surface area (Å²) in [5.41, 5.74) is 1.45. The van der Waals surface area contributed by atoms with Crippen LogP contribution >= 0.6 is 0 Å². The Morgan fingerprint density at radius 1 is 1.07 bits per heavy atom. The van der Waals surface area contributed by atoms with Crippen molar-refractivity contribution in [3.05, 3.63) is 95.2 Å². The summed E-state index contributed by atoms with van der Waals surface area (Å²) in [6.45, 7) is 14.5. The van der Waals surface area contributed by atoms with Gasteiger partial charge < -0.3 is 49.4 Å². The molecule has 14 heteroatoms. The molecule has 0 aromatic carbocycles. The molecular formula is C46H65NO13. The fraction of sp³-hybridized carbons (Fsp3) is 0.565. The van der Waals surface area contributed by atoms with E-state index in [0.29, 0.717) is 12.0 Å². The summed E-state index contributed by atoms with van der Waals surface area (Å²) in [6, 6.07) is 0. The Hall–Kier alpha value is -4.60. The minimum Gasteiger partial charge on any atom is -0.510 e. The standard InChI is InChI=1S/C46H65NO13/c1-11-12-13-16-35-30(6)38(58-40(51)21-20-39(50)47-41-33(48)18-19-34(41)49)25-46(55,60-35)32(8)43(53)31(7)44-36(56-9)17-14-15-26(2)22-28(4)42(52)29(5)23-27(3)24-37(57-10)45(54)59-44/h11-17,20-21,23-24,28-32,35-36,38,42-44,48,52-53,55H,18-19,22,25H2,1-10H3,(H,47,50)/b12-11+,16-13+,17-14+,21-20+,26-15+,27-23+,37-24-/t28-,29+,30+,31-,32-,35-,36-,38+,42-,43+,44+,46+/m0/s1. The number of esters is 2. The molecule has 60 heavy (non-hydrogen) atoms. The average Bonchev–Trinajstić information content (AvgIpc) is 3.52. The summed E-state index contributed by atoms with van der Waals surface area (Å²) in [5.74, 6) is -8.21. The third kappa shape index (κ3) is 13.5. The number of cyclic esters (lactones) is 1. The monoisotopic (exact) mass is 839 g/mol. The van der Waals surface area contributed by atoms with Crippen molar-refractivity contribution >= 4 is 23.6 Å². The first-order chi connectivity index (χ1) is 28.3. The van der Waals surface area contributed by atoms with Gasteiger partial charge in [0, 0.05) is 62.2 Å². The van der Waals surface area contributed by atoms with Crippen LogP contribution in [0.2, 0.25) is 0 Å². The predicted octanol–water partition coefficient (Wildman–Crippen LogP) is 5.52. The van der Waals surface area contributed by atoms with Gasteiger partial charge in [0.25, 0.3) is 0 Å². The Labute approximate surface area is 354 Å². The number of hydrogen-bond donors (Lipinski definition) is 5. The molecule has 5 N–H and O–H groups in total. The molecule has 3 rings (SSSR count). The molecular weight excluding hydrogens is 774 g/mol. The fourth-order valence-electron chi connectivity index (χ4n) is 7.71. The smallest absolute Gasteiger partial charge is 0.373 e. The summed E-state index contributed by atoms with van der Waals surface area (Å²) in [5, 5.41) is 47.5. The van der Waals surface area contributed by atoms with Gasteiger partial charge in [-0.3, -0.25) is 9.59 Å². The van der Waals surface area contributed by atoms with Crippen molar-refractivity contribution in [2.75, 3.05) is 14.2 Å². The third-order valence-corrected chi connectivity index (χ3v) is 11.5. The van der Waals surface area contributed by atoms with Crippen LogP contribution in [0.15, 0.2) is 95.2 Å². The quantitative estimate of drug-likeness (QED) is 0.0933. The number of allylic oxidation sites excluding steroid dienone is 10. The normalized spacial score (nSPS) is 34.9. The van der Waals surface area contributed by atoms with Crippen LogP contribution in [-0.2, 0) is 42.9 Å². The second kappa shape index (κ2) is 22.8. The number of hydrogen-bond acceptors (Lipinski definition) is 13. The number of ether oxygens (including phenoxy) is 5. The van der Waals surface area contributed by atoms with Gasteiger partial charge in [-0.15, -0.1) is 0 Å². The van der Waals surface area contributed by atoms with E-state index in [1.54, 1.807) is 64.2 Å². The van der Waals surface area contributed by atoms with Gasteiger partial charge in [-0.1, -0.05) is 94.4 Å². The number of methoxy groups -OCH3 is 2. The van der Waals surface area contributed by atoms with Crippen molar-refractivity contribution in [2.24, 2.45) is 29.6 Å². The number of nitrogens with one attached hydrogen (secondary N) is 1. The Kier molecular flexibility index (Phi) is 18.9. The molecule has 3 aliphatic rings. The molecule has 14 nitrogen and oxygen atoms in total. The predicted molar refractivity (Wildman–Crippen MR) is 224 cm³/mol. The molecule has 332 valence electrons. The number of rotatable bonds is 12. The lowest BCUT2D eigenvalue weighted by Crippen LogP contribution is -2.58. The van der Waals surface area contributed by atoms with E-state index in [1.165, 1.54) is 20.3 Å². The summed E-state index contributed by atoms with van der Waals surface area (Å²) < 4.78 is 29.4. The van der Waals surface area contributed by atoms with Gasteiger partial charge in [0.1, 0.15) is 29.8 Å². The molecule has 1 aliphatic carbocycles. The van der Waals surface area contributed by atoms with Gasteiger partial charge in [-0.05, 0) is 39.2 Å². The molecule has 0 unspecified atom stereocenters. The van der Waals surface area contributed by atoms with Crippen molar-refractivity contribution in [1.82, 2.24) is 5.32 Å². The molecule has 0 spiro atoms. The Morgan fingerprint density at radius 3 is 2.38 bits per heavy atom. The Bertz CT molecular complexity index is 1790. The Morgan fingerprint density at radius 2 is 1.77 bits per heavy atom. The van der Waals surface area contributed by atoms with Crippen molar-refractivity contribution in [1.29, 1.82) is 0 Å². The molecule has 12 atom stereocenters. The number of Topliss-reactive ketones (excluding diaryl/α,β-unsaturated/α-hetero) is 1. The largest absolute Gasteiger partial charge is 0.510 e. The number of carbonyl (C=O) groups is 4. The molecule has 1 saturated heterocycles. The summed E-state index contributed by atoms with van der Waals surface area (Å²) in [7, 11) is 2.78. The average molecular weight is 840 g/mol. The second-order valence-electron chi connectivity index (χ2n) is 16.2. The molecule has 1 amide bonds. The van der Waals surface area contributed by atoms with E-state index in [1.807, 2.05) is 39.8 Å².